The summed E-state index contributed by atoms with van der Waals surface area (Å²) < 4.78 is 16.6. The van der Waals surface area contributed by atoms with Crippen LogP contribution in [0.4, 0.5) is 5.69 Å². The predicted octanol–water partition coefficient (Wildman–Crippen LogP) is 4.56. The second kappa shape index (κ2) is 8.27. The summed E-state index contributed by atoms with van der Waals surface area (Å²) in [5.41, 5.74) is 3.04. The largest absolute Gasteiger partial charge is 0.493 e. The lowest BCUT2D eigenvalue weighted by Crippen LogP contribution is -2.32. The van der Waals surface area contributed by atoms with Crippen LogP contribution in [0.15, 0.2) is 72.8 Å². The maximum absolute atomic E-state index is 12.9. The number of anilines is 1. The minimum Gasteiger partial charge on any atom is -0.493 e. The third-order valence-corrected chi connectivity index (χ3v) is 5.07. The summed E-state index contributed by atoms with van der Waals surface area (Å²) in [5, 5.41) is 0. The molecule has 5 nitrogen and oxygen atoms in total. The Morgan fingerprint density at radius 2 is 1.52 bits per heavy atom. The molecule has 1 amide bonds. The SMILES string of the molecule is COc1ccc(N2CCC(Oc3ccc(-c4ccccc4)cc3)C2=O)cc1OC. The second-order valence-corrected chi connectivity index (χ2v) is 6.81. The first kappa shape index (κ1) is 18.9. The third-order valence-electron chi connectivity index (χ3n) is 5.07. The number of hydrogen-bond acceptors (Lipinski definition) is 4. The van der Waals surface area contributed by atoms with Crippen molar-refractivity contribution in [3.05, 3.63) is 72.8 Å². The topological polar surface area (TPSA) is 48.0 Å². The molecule has 0 spiro atoms. The van der Waals surface area contributed by atoms with Gasteiger partial charge in [0.15, 0.2) is 17.6 Å². The Bertz CT molecular complexity index is 986. The smallest absolute Gasteiger partial charge is 0.268 e. The maximum atomic E-state index is 12.9. The molecule has 0 N–H and O–H groups in total. The lowest BCUT2D eigenvalue weighted by molar-refractivity contribution is -0.122. The van der Waals surface area contributed by atoms with E-state index in [9.17, 15) is 4.79 Å². The van der Waals surface area contributed by atoms with E-state index in [2.05, 4.69) is 12.1 Å². The van der Waals surface area contributed by atoms with E-state index >= 15 is 0 Å². The molecular formula is C24H23NO4. The average Bonchev–Trinajstić information content (AvgIpc) is 3.14. The van der Waals surface area contributed by atoms with Gasteiger partial charge in [-0.25, -0.2) is 0 Å². The summed E-state index contributed by atoms with van der Waals surface area (Å²) in [4.78, 5) is 14.6. The fourth-order valence-corrected chi connectivity index (χ4v) is 3.53. The zero-order chi connectivity index (χ0) is 20.2. The molecule has 3 aromatic carbocycles. The van der Waals surface area contributed by atoms with E-state index in [0.29, 0.717) is 30.2 Å². The summed E-state index contributed by atoms with van der Waals surface area (Å²) >= 11 is 0. The van der Waals surface area contributed by atoms with Crippen molar-refractivity contribution >= 4 is 11.6 Å². The van der Waals surface area contributed by atoms with Gasteiger partial charge in [0, 0.05) is 24.7 Å². The van der Waals surface area contributed by atoms with Gasteiger partial charge in [0.25, 0.3) is 5.91 Å². The molecule has 1 heterocycles. The Hall–Kier alpha value is -3.47. The highest BCUT2D eigenvalue weighted by Gasteiger charge is 2.34. The normalized spacial score (nSPS) is 16.0. The molecule has 0 bridgehead atoms. The van der Waals surface area contributed by atoms with Gasteiger partial charge in [-0.05, 0) is 35.4 Å². The predicted molar refractivity (Wildman–Crippen MR) is 113 cm³/mol. The van der Waals surface area contributed by atoms with Gasteiger partial charge in [-0.15, -0.1) is 0 Å². The van der Waals surface area contributed by atoms with Gasteiger partial charge in [0.05, 0.1) is 14.2 Å². The molecule has 29 heavy (non-hydrogen) atoms. The van der Waals surface area contributed by atoms with E-state index < -0.39 is 6.10 Å². The maximum Gasteiger partial charge on any atom is 0.268 e. The zero-order valence-corrected chi connectivity index (χ0v) is 16.5. The van der Waals surface area contributed by atoms with E-state index in [4.69, 9.17) is 14.2 Å². The number of amides is 1. The van der Waals surface area contributed by atoms with Gasteiger partial charge < -0.3 is 19.1 Å². The third kappa shape index (κ3) is 3.90. The van der Waals surface area contributed by atoms with Crippen LogP contribution in [-0.4, -0.2) is 32.8 Å². The van der Waals surface area contributed by atoms with E-state index in [0.717, 1.165) is 16.8 Å². The molecule has 5 heteroatoms. The average molecular weight is 389 g/mol. The molecule has 1 atom stereocenters. The minimum absolute atomic E-state index is 0.0515. The van der Waals surface area contributed by atoms with Crippen LogP contribution in [0.25, 0.3) is 11.1 Å². The highest BCUT2D eigenvalue weighted by Crippen LogP contribution is 2.34. The first-order chi connectivity index (χ1) is 14.2. The van der Waals surface area contributed by atoms with Crippen LogP contribution in [0.3, 0.4) is 0 Å². The summed E-state index contributed by atoms with van der Waals surface area (Å²) in [7, 11) is 3.17. The van der Waals surface area contributed by atoms with Crippen molar-refractivity contribution in [2.45, 2.75) is 12.5 Å². The van der Waals surface area contributed by atoms with Gasteiger partial charge in [0.1, 0.15) is 5.75 Å². The van der Waals surface area contributed by atoms with Gasteiger partial charge in [-0.1, -0.05) is 42.5 Å². The first-order valence-electron chi connectivity index (χ1n) is 9.55. The first-order valence-corrected chi connectivity index (χ1v) is 9.55. The van der Waals surface area contributed by atoms with Crippen LogP contribution < -0.4 is 19.1 Å². The molecule has 148 valence electrons. The van der Waals surface area contributed by atoms with Crippen molar-refractivity contribution in [3.63, 3.8) is 0 Å². The van der Waals surface area contributed by atoms with Crippen molar-refractivity contribution < 1.29 is 19.0 Å². The van der Waals surface area contributed by atoms with Gasteiger partial charge >= 0.3 is 0 Å². The number of rotatable bonds is 6. The number of hydrogen-bond donors (Lipinski definition) is 0. The quantitative estimate of drug-likeness (QED) is 0.620. The minimum atomic E-state index is -0.495. The molecule has 1 aliphatic heterocycles. The number of carbonyl (C=O) groups is 1. The van der Waals surface area contributed by atoms with E-state index in [1.807, 2.05) is 54.6 Å². The lowest BCUT2D eigenvalue weighted by atomic mass is 10.1. The van der Waals surface area contributed by atoms with Crippen LogP contribution in [0.2, 0.25) is 0 Å². The van der Waals surface area contributed by atoms with Crippen molar-refractivity contribution in [2.75, 3.05) is 25.7 Å². The number of methoxy groups -OCH3 is 2. The summed E-state index contributed by atoms with van der Waals surface area (Å²) in [6, 6.07) is 23.5. The molecule has 0 radical (unpaired) electrons. The Morgan fingerprint density at radius 3 is 2.21 bits per heavy atom. The molecule has 1 aliphatic rings. The van der Waals surface area contributed by atoms with E-state index in [-0.39, 0.29) is 5.91 Å². The molecular weight excluding hydrogens is 366 g/mol. The van der Waals surface area contributed by atoms with Gasteiger partial charge in [0.2, 0.25) is 0 Å². The van der Waals surface area contributed by atoms with Crippen LogP contribution in [-0.2, 0) is 4.79 Å². The van der Waals surface area contributed by atoms with Crippen molar-refractivity contribution in [1.29, 1.82) is 0 Å². The Kier molecular flexibility index (Phi) is 5.38. The van der Waals surface area contributed by atoms with Crippen molar-refractivity contribution in [2.24, 2.45) is 0 Å². The summed E-state index contributed by atoms with van der Waals surface area (Å²) in [5.74, 6) is 1.87. The number of carbonyl (C=O) groups excluding carboxylic acids is 1. The molecule has 4 rings (SSSR count). The van der Waals surface area contributed by atoms with Crippen molar-refractivity contribution in [1.82, 2.24) is 0 Å². The van der Waals surface area contributed by atoms with Gasteiger partial charge in [-0.3, -0.25) is 4.79 Å². The van der Waals surface area contributed by atoms with Crippen LogP contribution in [0, 0.1) is 0 Å². The fourth-order valence-electron chi connectivity index (χ4n) is 3.53. The number of ether oxygens (including phenoxy) is 3. The van der Waals surface area contributed by atoms with Crippen LogP contribution >= 0.6 is 0 Å². The zero-order valence-electron chi connectivity index (χ0n) is 16.5. The van der Waals surface area contributed by atoms with Gasteiger partial charge in [-0.2, -0.15) is 0 Å². The highest BCUT2D eigenvalue weighted by atomic mass is 16.5. The summed E-state index contributed by atoms with van der Waals surface area (Å²) in [6.07, 6.45) is 0.138. The van der Waals surface area contributed by atoms with Crippen LogP contribution in [0.1, 0.15) is 6.42 Å². The van der Waals surface area contributed by atoms with E-state index in [1.165, 1.54) is 0 Å². The van der Waals surface area contributed by atoms with Crippen molar-refractivity contribution in [3.8, 4) is 28.4 Å². The fraction of sp³-hybridized carbons (Fsp3) is 0.208. The highest BCUT2D eigenvalue weighted by molar-refractivity contribution is 5.99. The standard InChI is InChI=1S/C24H23NO4/c1-27-21-13-10-19(16-23(21)28-2)25-15-14-22(24(25)26)29-20-11-8-18(9-12-20)17-6-4-3-5-7-17/h3-13,16,22H,14-15H2,1-2H3. The molecule has 0 aliphatic carbocycles. The molecule has 1 saturated heterocycles. The molecule has 1 unspecified atom stereocenters. The Labute approximate surface area is 170 Å². The lowest BCUT2D eigenvalue weighted by Gasteiger charge is -2.19. The van der Waals surface area contributed by atoms with Crippen LogP contribution in [0.5, 0.6) is 17.2 Å². The number of benzene rings is 3. The monoisotopic (exact) mass is 389 g/mol. The number of nitrogens with zero attached hydrogens (tertiary/aromatic N) is 1. The molecule has 0 aromatic heterocycles. The second-order valence-electron chi connectivity index (χ2n) is 6.81. The van der Waals surface area contributed by atoms with E-state index in [1.54, 1.807) is 25.2 Å². The molecule has 3 aromatic rings. The summed E-state index contributed by atoms with van der Waals surface area (Å²) in [6.45, 7) is 0.598. The Balaban J connectivity index is 1.46. The molecule has 1 fully saturated rings. The Morgan fingerprint density at radius 1 is 0.828 bits per heavy atom. The molecule has 0 saturated carbocycles.